The van der Waals surface area contributed by atoms with E-state index in [0.29, 0.717) is 19.7 Å². The van der Waals surface area contributed by atoms with E-state index in [-0.39, 0.29) is 11.8 Å². The van der Waals surface area contributed by atoms with E-state index in [2.05, 4.69) is 4.90 Å². The van der Waals surface area contributed by atoms with Gasteiger partial charge < -0.3 is 14.5 Å². The Hall–Kier alpha value is -1.14. The van der Waals surface area contributed by atoms with Crippen LogP contribution in [0.2, 0.25) is 0 Å². The minimum atomic E-state index is -0.889. The van der Waals surface area contributed by atoms with E-state index >= 15 is 0 Å². The van der Waals surface area contributed by atoms with Gasteiger partial charge in [0.05, 0.1) is 13.2 Å². The van der Waals surface area contributed by atoms with E-state index in [1.165, 1.54) is 25.7 Å². The lowest BCUT2D eigenvalue weighted by Crippen LogP contribution is -2.62. The maximum absolute atomic E-state index is 12.9. The Balaban J connectivity index is 1.56. The zero-order chi connectivity index (χ0) is 16.4. The van der Waals surface area contributed by atoms with E-state index in [1.807, 2.05) is 11.8 Å². The summed E-state index contributed by atoms with van der Waals surface area (Å²) in [5, 5.41) is 0. The van der Waals surface area contributed by atoms with Gasteiger partial charge in [-0.1, -0.05) is 12.8 Å². The third-order valence-corrected chi connectivity index (χ3v) is 5.61. The number of nitrogens with zero attached hydrogens (tertiary/aromatic N) is 3. The molecule has 3 fully saturated rings. The number of hydrogen-bond donors (Lipinski definition) is 0. The highest BCUT2D eigenvalue weighted by Crippen LogP contribution is 2.26. The first-order valence-electron chi connectivity index (χ1n) is 8.92. The van der Waals surface area contributed by atoms with Crippen LogP contribution in [0, 0.1) is 0 Å². The van der Waals surface area contributed by atoms with Crippen molar-refractivity contribution in [3.05, 3.63) is 0 Å². The monoisotopic (exact) mass is 323 g/mol. The van der Waals surface area contributed by atoms with Crippen molar-refractivity contribution < 1.29 is 14.3 Å². The lowest BCUT2D eigenvalue weighted by molar-refractivity contribution is -0.172. The van der Waals surface area contributed by atoms with Crippen LogP contribution >= 0.6 is 0 Å². The smallest absolute Gasteiger partial charge is 0.256 e. The topological polar surface area (TPSA) is 53.1 Å². The quantitative estimate of drug-likeness (QED) is 0.751. The first-order chi connectivity index (χ1) is 11.0. The van der Waals surface area contributed by atoms with Gasteiger partial charge in [-0.05, 0) is 19.8 Å². The van der Waals surface area contributed by atoms with E-state index in [1.54, 1.807) is 11.8 Å². The number of piperazine rings is 1. The molecular weight excluding hydrogens is 294 g/mol. The highest BCUT2D eigenvalue weighted by molar-refractivity contribution is 5.86. The summed E-state index contributed by atoms with van der Waals surface area (Å²) in [7, 11) is 0. The van der Waals surface area contributed by atoms with Crippen molar-refractivity contribution in [3.63, 3.8) is 0 Å². The largest absolute Gasteiger partial charge is 0.362 e. The summed E-state index contributed by atoms with van der Waals surface area (Å²) in [6, 6.07) is 0.724. The third kappa shape index (κ3) is 3.53. The van der Waals surface area contributed by atoms with Crippen molar-refractivity contribution >= 4 is 11.8 Å². The Bertz CT molecular complexity index is 456. The molecule has 23 heavy (non-hydrogen) atoms. The van der Waals surface area contributed by atoms with Crippen LogP contribution in [0.3, 0.4) is 0 Å². The SMILES string of the molecule is CC(=O)N1CCO[C@@](C)(C(=O)N2CCN(C3CCCC3)CC2)C1. The maximum Gasteiger partial charge on any atom is 0.256 e. The van der Waals surface area contributed by atoms with Crippen LogP contribution in [0.5, 0.6) is 0 Å². The predicted molar refractivity (Wildman–Crippen MR) is 87.0 cm³/mol. The van der Waals surface area contributed by atoms with Gasteiger partial charge in [-0.25, -0.2) is 0 Å². The average molecular weight is 323 g/mol. The molecule has 1 atom stereocenters. The van der Waals surface area contributed by atoms with E-state index in [4.69, 9.17) is 4.74 Å². The Kier molecular flexibility index (Phi) is 4.92. The van der Waals surface area contributed by atoms with Gasteiger partial charge in [0.1, 0.15) is 0 Å². The molecule has 130 valence electrons. The number of morpholine rings is 1. The zero-order valence-corrected chi connectivity index (χ0v) is 14.4. The van der Waals surface area contributed by atoms with Crippen LogP contribution in [0.15, 0.2) is 0 Å². The summed E-state index contributed by atoms with van der Waals surface area (Å²) in [5.41, 5.74) is -0.889. The summed E-state index contributed by atoms with van der Waals surface area (Å²) in [5.74, 6) is 0.0490. The minimum Gasteiger partial charge on any atom is -0.362 e. The molecule has 0 aromatic carbocycles. The van der Waals surface area contributed by atoms with Gasteiger partial charge in [0.2, 0.25) is 5.91 Å². The lowest BCUT2D eigenvalue weighted by atomic mass is 10.0. The average Bonchev–Trinajstić information content (AvgIpc) is 3.09. The number of amides is 2. The number of ether oxygens (including phenoxy) is 1. The van der Waals surface area contributed by atoms with Gasteiger partial charge >= 0.3 is 0 Å². The van der Waals surface area contributed by atoms with E-state index in [9.17, 15) is 9.59 Å². The second kappa shape index (κ2) is 6.77. The number of carbonyl (C=O) groups is 2. The molecular formula is C17H29N3O3. The Labute approximate surface area is 138 Å². The summed E-state index contributed by atoms with van der Waals surface area (Å²) < 4.78 is 5.79. The van der Waals surface area contributed by atoms with Gasteiger partial charge in [0.25, 0.3) is 5.91 Å². The molecule has 0 N–H and O–H groups in total. The van der Waals surface area contributed by atoms with Crippen molar-refractivity contribution in [1.82, 2.24) is 14.7 Å². The number of rotatable bonds is 2. The molecule has 2 amide bonds. The Morgan fingerprint density at radius 3 is 2.26 bits per heavy atom. The second-order valence-electron chi connectivity index (χ2n) is 7.29. The Morgan fingerprint density at radius 1 is 1.00 bits per heavy atom. The molecule has 0 radical (unpaired) electrons. The van der Waals surface area contributed by atoms with Gasteiger partial charge in [0.15, 0.2) is 5.60 Å². The molecule has 0 spiro atoms. The van der Waals surface area contributed by atoms with Gasteiger partial charge in [-0.2, -0.15) is 0 Å². The lowest BCUT2D eigenvalue weighted by Gasteiger charge is -2.44. The Morgan fingerprint density at radius 2 is 1.65 bits per heavy atom. The van der Waals surface area contributed by atoms with Crippen LogP contribution < -0.4 is 0 Å². The van der Waals surface area contributed by atoms with Crippen LogP contribution in [-0.4, -0.2) is 84.0 Å². The molecule has 2 saturated heterocycles. The van der Waals surface area contributed by atoms with E-state index in [0.717, 1.165) is 32.2 Å². The molecule has 1 aliphatic carbocycles. The van der Waals surface area contributed by atoms with Crippen molar-refractivity contribution in [1.29, 1.82) is 0 Å². The van der Waals surface area contributed by atoms with E-state index < -0.39 is 5.60 Å². The third-order valence-electron chi connectivity index (χ3n) is 5.61. The summed E-state index contributed by atoms with van der Waals surface area (Å²) >= 11 is 0. The second-order valence-corrected chi connectivity index (χ2v) is 7.29. The molecule has 0 aromatic heterocycles. The molecule has 0 bridgehead atoms. The zero-order valence-electron chi connectivity index (χ0n) is 14.4. The maximum atomic E-state index is 12.9. The fraction of sp³-hybridized carbons (Fsp3) is 0.882. The number of carbonyl (C=O) groups excluding carboxylic acids is 2. The van der Waals surface area contributed by atoms with Gasteiger partial charge in [0, 0.05) is 45.7 Å². The van der Waals surface area contributed by atoms with Crippen LogP contribution in [0.4, 0.5) is 0 Å². The standard InChI is InChI=1S/C17H29N3O3/c1-14(21)20-11-12-23-17(2,13-20)16(22)19-9-7-18(8-10-19)15-5-3-4-6-15/h15H,3-13H2,1-2H3/t17-/m1/s1. The fourth-order valence-corrected chi connectivity index (χ4v) is 4.16. The highest BCUT2D eigenvalue weighted by Gasteiger charge is 2.43. The number of hydrogen-bond acceptors (Lipinski definition) is 4. The fourth-order valence-electron chi connectivity index (χ4n) is 4.16. The minimum absolute atomic E-state index is 0.0124. The first-order valence-corrected chi connectivity index (χ1v) is 8.92. The van der Waals surface area contributed by atoms with Crippen molar-refractivity contribution in [2.45, 2.75) is 51.2 Å². The first kappa shape index (κ1) is 16.7. The molecule has 2 heterocycles. The van der Waals surface area contributed by atoms with Crippen molar-refractivity contribution in [2.24, 2.45) is 0 Å². The molecule has 6 nitrogen and oxygen atoms in total. The van der Waals surface area contributed by atoms with Gasteiger partial charge in [-0.15, -0.1) is 0 Å². The molecule has 3 aliphatic rings. The van der Waals surface area contributed by atoms with Crippen LogP contribution in [0.1, 0.15) is 39.5 Å². The normalized spacial score (nSPS) is 30.7. The summed E-state index contributed by atoms with van der Waals surface area (Å²) in [6.45, 7) is 8.22. The van der Waals surface area contributed by atoms with Crippen molar-refractivity contribution in [2.75, 3.05) is 45.9 Å². The molecule has 6 heteroatoms. The summed E-state index contributed by atoms with van der Waals surface area (Å²) in [4.78, 5) is 30.7. The van der Waals surface area contributed by atoms with Crippen LogP contribution in [-0.2, 0) is 14.3 Å². The molecule has 1 saturated carbocycles. The van der Waals surface area contributed by atoms with Crippen LogP contribution in [0.25, 0.3) is 0 Å². The molecule has 0 aromatic rings. The highest BCUT2D eigenvalue weighted by atomic mass is 16.5. The van der Waals surface area contributed by atoms with Crippen molar-refractivity contribution in [3.8, 4) is 0 Å². The molecule has 3 rings (SSSR count). The molecule has 2 aliphatic heterocycles. The predicted octanol–water partition coefficient (Wildman–Crippen LogP) is 0.711. The summed E-state index contributed by atoms with van der Waals surface area (Å²) in [6.07, 6.45) is 5.30. The molecule has 0 unspecified atom stereocenters. The van der Waals surface area contributed by atoms with Gasteiger partial charge in [-0.3, -0.25) is 14.5 Å².